The van der Waals surface area contributed by atoms with Crippen LogP contribution in [0, 0.1) is 0 Å². The lowest BCUT2D eigenvalue weighted by molar-refractivity contribution is 0.799. The second-order valence-electron chi connectivity index (χ2n) is 7.67. The summed E-state index contributed by atoms with van der Waals surface area (Å²) >= 11 is 0. The van der Waals surface area contributed by atoms with Crippen LogP contribution in [0.3, 0.4) is 0 Å². The maximum absolute atomic E-state index is 5.04. The summed E-state index contributed by atoms with van der Waals surface area (Å²) in [4.78, 5) is 10.0. The highest BCUT2D eigenvalue weighted by Gasteiger charge is 2.30. The smallest absolute Gasteiger partial charge is 0.121 e. The number of allylic oxidation sites excluding steroid dienone is 1. The SMILES string of the molecule is Cn1c(C2C(c3ccc4ccccc4n3)=CNc3ccccc32)nc2ccccc21. The van der Waals surface area contributed by atoms with E-state index < -0.39 is 0 Å². The van der Waals surface area contributed by atoms with Crippen LogP contribution in [-0.2, 0) is 7.05 Å². The Morgan fingerprint density at radius 1 is 0.767 bits per heavy atom. The van der Waals surface area contributed by atoms with Gasteiger partial charge < -0.3 is 9.88 Å². The molecule has 30 heavy (non-hydrogen) atoms. The van der Waals surface area contributed by atoms with E-state index >= 15 is 0 Å². The molecular formula is C26H20N4. The predicted octanol–water partition coefficient (Wildman–Crippen LogP) is 5.72. The van der Waals surface area contributed by atoms with Crippen molar-refractivity contribution in [3.8, 4) is 0 Å². The average molecular weight is 388 g/mol. The Morgan fingerprint density at radius 2 is 1.53 bits per heavy atom. The Bertz CT molecular complexity index is 1440. The third-order valence-electron chi connectivity index (χ3n) is 5.94. The molecule has 6 rings (SSSR count). The topological polar surface area (TPSA) is 42.7 Å². The summed E-state index contributed by atoms with van der Waals surface area (Å²) in [6, 6.07) is 29.2. The van der Waals surface area contributed by atoms with E-state index in [4.69, 9.17) is 9.97 Å². The third-order valence-corrected chi connectivity index (χ3v) is 5.94. The number of para-hydroxylation sites is 4. The van der Waals surface area contributed by atoms with Crippen LogP contribution < -0.4 is 5.32 Å². The molecule has 0 radical (unpaired) electrons. The van der Waals surface area contributed by atoms with Gasteiger partial charge in [-0.1, -0.05) is 54.6 Å². The van der Waals surface area contributed by atoms with Crippen LogP contribution in [0.4, 0.5) is 5.69 Å². The first-order valence-corrected chi connectivity index (χ1v) is 10.1. The van der Waals surface area contributed by atoms with Crippen molar-refractivity contribution in [2.75, 3.05) is 5.32 Å². The fraction of sp³-hybridized carbons (Fsp3) is 0.0769. The van der Waals surface area contributed by atoms with Crippen molar-refractivity contribution in [3.05, 3.63) is 108 Å². The van der Waals surface area contributed by atoms with Crippen molar-refractivity contribution >= 4 is 33.2 Å². The molecule has 1 N–H and O–H groups in total. The molecule has 0 fully saturated rings. The third kappa shape index (κ3) is 2.54. The lowest BCUT2D eigenvalue weighted by Crippen LogP contribution is -2.17. The monoisotopic (exact) mass is 388 g/mol. The van der Waals surface area contributed by atoms with Gasteiger partial charge in [0, 0.05) is 29.9 Å². The fourth-order valence-electron chi connectivity index (χ4n) is 4.44. The first kappa shape index (κ1) is 17.0. The molecule has 1 unspecified atom stereocenters. The summed E-state index contributed by atoms with van der Waals surface area (Å²) in [5.41, 5.74) is 7.55. The molecule has 1 aliphatic rings. The molecule has 144 valence electrons. The standard InChI is InChI=1S/C26H20N4/c1-30-24-13-7-6-12-23(24)29-26(30)25-18-9-3-5-11-21(18)27-16-19(25)22-15-14-17-8-2-4-10-20(17)28-22/h2-16,25,27H,1H3. The van der Waals surface area contributed by atoms with Gasteiger partial charge in [-0.2, -0.15) is 0 Å². The second kappa shape index (κ2) is 6.56. The van der Waals surface area contributed by atoms with Gasteiger partial charge in [-0.15, -0.1) is 0 Å². The number of hydrogen-bond acceptors (Lipinski definition) is 3. The van der Waals surface area contributed by atoms with Gasteiger partial charge in [0.1, 0.15) is 5.82 Å². The Hall–Kier alpha value is -3.92. The van der Waals surface area contributed by atoms with Crippen LogP contribution in [-0.4, -0.2) is 14.5 Å². The van der Waals surface area contributed by atoms with Crippen LogP contribution in [0.25, 0.3) is 27.5 Å². The first-order chi connectivity index (χ1) is 14.8. The van der Waals surface area contributed by atoms with Crippen molar-refractivity contribution in [2.24, 2.45) is 7.05 Å². The number of hydrogen-bond donors (Lipinski definition) is 1. The molecule has 0 spiro atoms. The second-order valence-corrected chi connectivity index (χ2v) is 7.67. The zero-order valence-corrected chi connectivity index (χ0v) is 16.6. The maximum atomic E-state index is 5.04. The van der Waals surface area contributed by atoms with Gasteiger partial charge in [0.15, 0.2) is 0 Å². The molecule has 2 aromatic heterocycles. The van der Waals surface area contributed by atoms with Crippen LogP contribution >= 0.6 is 0 Å². The number of aromatic nitrogens is 3. The lowest BCUT2D eigenvalue weighted by Gasteiger charge is -2.27. The first-order valence-electron chi connectivity index (χ1n) is 10.1. The molecule has 4 nitrogen and oxygen atoms in total. The molecule has 1 aliphatic heterocycles. The summed E-state index contributed by atoms with van der Waals surface area (Å²) in [6.45, 7) is 0. The highest BCUT2D eigenvalue weighted by Crippen LogP contribution is 2.43. The van der Waals surface area contributed by atoms with E-state index in [2.05, 4.69) is 89.9 Å². The highest BCUT2D eigenvalue weighted by molar-refractivity contribution is 5.86. The normalized spacial score (nSPS) is 15.6. The van der Waals surface area contributed by atoms with Crippen molar-refractivity contribution in [3.63, 3.8) is 0 Å². The van der Waals surface area contributed by atoms with Gasteiger partial charge in [0.25, 0.3) is 0 Å². The maximum Gasteiger partial charge on any atom is 0.121 e. The van der Waals surface area contributed by atoms with E-state index in [9.17, 15) is 0 Å². The summed E-state index contributed by atoms with van der Waals surface area (Å²) in [5.74, 6) is 1.01. The molecule has 1 atom stereocenters. The van der Waals surface area contributed by atoms with E-state index in [1.807, 2.05) is 18.2 Å². The van der Waals surface area contributed by atoms with Crippen molar-refractivity contribution in [2.45, 2.75) is 5.92 Å². The number of nitrogens with zero attached hydrogens (tertiary/aromatic N) is 3. The zero-order chi connectivity index (χ0) is 20.1. The number of fused-ring (bicyclic) bond motifs is 3. The minimum Gasteiger partial charge on any atom is -0.361 e. The number of aryl methyl sites for hydroxylation is 1. The van der Waals surface area contributed by atoms with Crippen molar-refractivity contribution < 1.29 is 0 Å². The minimum absolute atomic E-state index is 0.00601. The number of pyridine rings is 1. The molecule has 0 saturated carbocycles. The summed E-state index contributed by atoms with van der Waals surface area (Å²) in [5, 5.41) is 4.62. The number of rotatable bonds is 2. The number of benzene rings is 3. The number of imidazole rings is 1. The van der Waals surface area contributed by atoms with Gasteiger partial charge in [0.2, 0.25) is 0 Å². The Kier molecular flexibility index (Phi) is 3.71. The zero-order valence-electron chi connectivity index (χ0n) is 16.6. The van der Waals surface area contributed by atoms with E-state index in [-0.39, 0.29) is 5.92 Å². The Morgan fingerprint density at radius 3 is 2.43 bits per heavy atom. The molecule has 0 saturated heterocycles. The molecule has 3 heterocycles. The summed E-state index contributed by atoms with van der Waals surface area (Å²) in [6.07, 6.45) is 2.09. The number of anilines is 1. The van der Waals surface area contributed by atoms with E-state index in [0.717, 1.165) is 44.7 Å². The molecule has 3 aromatic carbocycles. The summed E-state index contributed by atoms with van der Waals surface area (Å²) in [7, 11) is 2.10. The van der Waals surface area contributed by atoms with Crippen molar-refractivity contribution in [1.82, 2.24) is 14.5 Å². The van der Waals surface area contributed by atoms with Crippen molar-refractivity contribution in [1.29, 1.82) is 0 Å². The van der Waals surface area contributed by atoms with Gasteiger partial charge in [0.05, 0.1) is 28.2 Å². The molecular weight excluding hydrogens is 368 g/mol. The van der Waals surface area contributed by atoms with Crippen LogP contribution in [0.5, 0.6) is 0 Å². The largest absolute Gasteiger partial charge is 0.361 e. The van der Waals surface area contributed by atoms with Gasteiger partial charge in [-0.3, -0.25) is 0 Å². The summed E-state index contributed by atoms with van der Waals surface area (Å²) < 4.78 is 2.21. The Labute approximate surface area is 174 Å². The molecule has 4 heteroatoms. The van der Waals surface area contributed by atoms with E-state index in [1.54, 1.807) is 0 Å². The Balaban J connectivity index is 1.59. The molecule has 5 aromatic rings. The highest BCUT2D eigenvalue weighted by atomic mass is 15.1. The quantitative estimate of drug-likeness (QED) is 0.421. The van der Waals surface area contributed by atoms with Gasteiger partial charge in [-0.05, 0) is 35.9 Å². The minimum atomic E-state index is -0.00601. The average Bonchev–Trinajstić information content (AvgIpc) is 3.14. The molecule has 0 aliphatic carbocycles. The van der Waals surface area contributed by atoms with Gasteiger partial charge >= 0.3 is 0 Å². The van der Waals surface area contributed by atoms with Gasteiger partial charge in [-0.25, -0.2) is 9.97 Å². The predicted molar refractivity (Wildman–Crippen MR) is 122 cm³/mol. The van der Waals surface area contributed by atoms with Crippen LogP contribution in [0.1, 0.15) is 23.0 Å². The van der Waals surface area contributed by atoms with E-state index in [0.29, 0.717) is 0 Å². The van der Waals surface area contributed by atoms with Crippen LogP contribution in [0.15, 0.2) is 91.1 Å². The van der Waals surface area contributed by atoms with E-state index in [1.165, 1.54) is 5.56 Å². The molecule has 0 bridgehead atoms. The lowest BCUT2D eigenvalue weighted by atomic mass is 9.85. The number of nitrogens with one attached hydrogen (secondary N) is 1. The van der Waals surface area contributed by atoms with Crippen LogP contribution in [0.2, 0.25) is 0 Å². The molecule has 0 amide bonds. The fourth-order valence-corrected chi connectivity index (χ4v) is 4.44.